The number of rotatable bonds is 5. The van der Waals surface area contributed by atoms with Crippen molar-refractivity contribution < 1.29 is 13.6 Å². The molecule has 0 aliphatic carbocycles. The third kappa shape index (κ3) is 4.68. The maximum absolute atomic E-state index is 13.3. The number of nitrogen functional groups attached to an aromatic ring is 1. The second-order valence-corrected chi connectivity index (χ2v) is 7.03. The van der Waals surface area contributed by atoms with Gasteiger partial charge < -0.3 is 11.1 Å². The van der Waals surface area contributed by atoms with Gasteiger partial charge in [-0.1, -0.05) is 35.5 Å². The Morgan fingerprint density at radius 3 is 2.54 bits per heavy atom. The highest BCUT2D eigenvalue weighted by Gasteiger charge is 2.15. The lowest BCUT2D eigenvalue weighted by molar-refractivity contribution is 0.102. The fourth-order valence-corrected chi connectivity index (χ4v) is 3.16. The summed E-state index contributed by atoms with van der Waals surface area (Å²) < 4.78 is 26.2. The molecular weight excluding hydrogens is 410 g/mol. The number of hydrogen-bond donors (Lipinski definition) is 3. The summed E-state index contributed by atoms with van der Waals surface area (Å²) in [6.45, 7) is 0. The van der Waals surface area contributed by atoms with Crippen molar-refractivity contribution in [3.63, 3.8) is 0 Å². The van der Waals surface area contributed by atoms with Crippen molar-refractivity contribution in [2.24, 2.45) is 0 Å². The molecule has 0 unspecified atom stereocenters. The van der Waals surface area contributed by atoms with Crippen molar-refractivity contribution in [3.05, 3.63) is 80.6 Å². The largest absolute Gasteiger partial charge is 0.382 e. The summed E-state index contributed by atoms with van der Waals surface area (Å²) in [6.07, 6.45) is 0. The Bertz CT molecular complexity index is 1090. The van der Waals surface area contributed by atoms with Gasteiger partial charge in [-0.25, -0.2) is 13.8 Å². The van der Waals surface area contributed by atoms with Crippen LogP contribution in [0.1, 0.15) is 15.9 Å². The molecule has 0 fully saturated rings. The maximum atomic E-state index is 13.3. The van der Waals surface area contributed by atoms with E-state index in [9.17, 15) is 18.4 Å². The zero-order chi connectivity index (χ0) is 20.3. The predicted octanol–water partition coefficient (Wildman–Crippen LogP) is 3.83. The van der Waals surface area contributed by atoms with E-state index >= 15 is 0 Å². The molecule has 0 saturated heterocycles. The van der Waals surface area contributed by atoms with E-state index in [-0.39, 0.29) is 22.2 Å². The number of hydrogen-bond acceptors (Lipinski definition) is 5. The molecule has 0 spiro atoms. The van der Waals surface area contributed by atoms with E-state index in [1.165, 1.54) is 11.8 Å². The van der Waals surface area contributed by atoms with Crippen LogP contribution in [0.15, 0.2) is 52.4 Å². The topological polar surface area (TPSA) is 101 Å². The Morgan fingerprint density at radius 1 is 1.18 bits per heavy atom. The molecule has 28 heavy (non-hydrogen) atoms. The molecule has 2 aromatic carbocycles. The molecule has 1 amide bonds. The van der Waals surface area contributed by atoms with Crippen LogP contribution in [-0.4, -0.2) is 15.9 Å². The Balaban J connectivity index is 1.74. The summed E-state index contributed by atoms with van der Waals surface area (Å²) in [6, 6.07) is 9.80. The average molecular weight is 423 g/mol. The van der Waals surface area contributed by atoms with Crippen LogP contribution in [0.3, 0.4) is 0 Å². The van der Waals surface area contributed by atoms with E-state index in [0.29, 0.717) is 10.8 Å². The molecule has 0 bridgehead atoms. The second-order valence-electron chi connectivity index (χ2n) is 5.63. The molecule has 0 aliphatic heterocycles. The van der Waals surface area contributed by atoms with Gasteiger partial charge in [-0.05, 0) is 35.9 Å². The van der Waals surface area contributed by atoms with Gasteiger partial charge >= 0.3 is 0 Å². The van der Waals surface area contributed by atoms with E-state index in [2.05, 4.69) is 15.3 Å². The quantitative estimate of drug-likeness (QED) is 0.428. The summed E-state index contributed by atoms with van der Waals surface area (Å²) in [4.78, 5) is 31.0. The number of carbonyl (C=O) groups excluding carboxylic acids is 1. The van der Waals surface area contributed by atoms with Crippen LogP contribution < -0.4 is 16.6 Å². The number of anilines is 2. The fraction of sp³-hybridized carbons (Fsp3) is 0.0556. The first-order chi connectivity index (χ1) is 13.3. The molecular formula is C18H13ClF2N4O2S. The van der Waals surface area contributed by atoms with Crippen molar-refractivity contribution in [2.45, 2.75) is 10.9 Å². The first-order valence-electron chi connectivity index (χ1n) is 7.87. The van der Waals surface area contributed by atoms with Gasteiger partial charge in [0.2, 0.25) is 0 Å². The number of aromatic amines is 1. The number of halogens is 3. The summed E-state index contributed by atoms with van der Waals surface area (Å²) >= 11 is 7.07. The lowest BCUT2D eigenvalue weighted by atomic mass is 10.2. The zero-order valence-electron chi connectivity index (χ0n) is 14.1. The normalized spacial score (nSPS) is 10.7. The number of thioether (sulfide) groups is 1. The van der Waals surface area contributed by atoms with Gasteiger partial charge in [-0.2, -0.15) is 0 Å². The van der Waals surface area contributed by atoms with Gasteiger partial charge in [-0.15, -0.1) is 0 Å². The van der Waals surface area contributed by atoms with Gasteiger partial charge in [0.05, 0.1) is 0 Å². The summed E-state index contributed by atoms with van der Waals surface area (Å²) in [5, 5.41) is 3.15. The van der Waals surface area contributed by atoms with E-state index in [0.717, 1.165) is 23.8 Å². The number of nitrogens with one attached hydrogen (secondary N) is 2. The molecule has 4 N–H and O–H groups in total. The first kappa shape index (κ1) is 19.8. The number of aromatic nitrogens is 2. The highest BCUT2D eigenvalue weighted by Crippen LogP contribution is 2.22. The SMILES string of the molecule is Nc1nc(SCc2ccc(Cl)cc2)[nH]c(=O)c1NC(=O)c1ccc(F)c(F)c1. The predicted molar refractivity (Wildman–Crippen MR) is 105 cm³/mol. The third-order valence-electron chi connectivity index (χ3n) is 3.63. The van der Waals surface area contributed by atoms with Gasteiger partial charge in [0.15, 0.2) is 22.6 Å². The Hall–Kier alpha value is -2.91. The Morgan fingerprint density at radius 2 is 1.89 bits per heavy atom. The number of carbonyl (C=O) groups is 1. The summed E-state index contributed by atoms with van der Waals surface area (Å²) in [5.74, 6) is -2.77. The molecule has 0 aliphatic rings. The minimum absolute atomic E-state index is 0.168. The number of nitrogens with two attached hydrogens (primary N) is 1. The highest BCUT2D eigenvalue weighted by molar-refractivity contribution is 7.98. The Labute approximate surface area is 167 Å². The van der Waals surface area contributed by atoms with Crippen molar-refractivity contribution in [1.82, 2.24) is 9.97 Å². The molecule has 1 aromatic heterocycles. The monoisotopic (exact) mass is 422 g/mol. The fourth-order valence-electron chi connectivity index (χ4n) is 2.21. The molecule has 6 nitrogen and oxygen atoms in total. The van der Waals surface area contributed by atoms with Gasteiger partial charge in [0.25, 0.3) is 11.5 Å². The smallest absolute Gasteiger partial charge is 0.277 e. The van der Waals surface area contributed by atoms with Crippen LogP contribution in [0, 0.1) is 11.6 Å². The second kappa shape index (κ2) is 8.41. The molecule has 144 valence electrons. The van der Waals surface area contributed by atoms with Crippen molar-refractivity contribution in [1.29, 1.82) is 0 Å². The van der Waals surface area contributed by atoms with Crippen LogP contribution >= 0.6 is 23.4 Å². The van der Waals surface area contributed by atoms with Crippen molar-refractivity contribution in [3.8, 4) is 0 Å². The van der Waals surface area contributed by atoms with Crippen LogP contribution in [-0.2, 0) is 5.75 Å². The average Bonchev–Trinajstić information content (AvgIpc) is 2.66. The molecule has 1 heterocycles. The third-order valence-corrected chi connectivity index (χ3v) is 4.83. The summed E-state index contributed by atoms with van der Waals surface area (Å²) in [5.41, 5.74) is 5.64. The number of nitrogens with zero attached hydrogens (tertiary/aromatic N) is 1. The molecule has 0 atom stereocenters. The minimum Gasteiger partial charge on any atom is -0.382 e. The van der Waals surface area contributed by atoms with Crippen molar-refractivity contribution in [2.75, 3.05) is 11.1 Å². The van der Waals surface area contributed by atoms with Crippen LogP contribution in [0.4, 0.5) is 20.3 Å². The lowest BCUT2D eigenvalue weighted by Gasteiger charge is -2.09. The van der Waals surface area contributed by atoms with Crippen LogP contribution in [0.5, 0.6) is 0 Å². The molecule has 3 aromatic rings. The van der Waals surface area contributed by atoms with E-state index in [1.54, 1.807) is 12.1 Å². The van der Waals surface area contributed by atoms with E-state index in [4.69, 9.17) is 17.3 Å². The number of amides is 1. The first-order valence-corrected chi connectivity index (χ1v) is 9.23. The molecule has 0 radical (unpaired) electrons. The molecule has 10 heteroatoms. The zero-order valence-corrected chi connectivity index (χ0v) is 15.7. The van der Waals surface area contributed by atoms with E-state index in [1.807, 2.05) is 12.1 Å². The highest BCUT2D eigenvalue weighted by atomic mass is 35.5. The molecule has 3 rings (SSSR count). The number of benzene rings is 2. The lowest BCUT2D eigenvalue weighted by Crippen LogP contribution is -2.23. The van der Waals surface area contributed by atoms with E-state index < -0.39 is 23.1 Å². The summed E-state index contributed by atoms with van der Waals surface area (Å²) in [7, 11) is 0. The van der Waals surface area contributed by atoms with Crippen molar-refractivity contribution >= 4 is 40.8 Å². The molecule has 0 saturated carbocycles. The van der Waals surface area contributed by atoms with Crippen LogP contribution in [0.2, 0.25) is 5.02 Å². The standard InChI is InChI=1S/C18H13ClF2N4O2S/c19-11-4-1-9(2-5-11)8-28-18-24-15(22)14(17(27)25-18)23-16(26)10-3-6-12(20)13(21)7-10/h1-7H,8H2,(H,23,26)(H3,22,24,25,27). The van der Waals surface area contributed by atoms with Gasteiger partial charge in [0.1, 0.15) is 5.69 Å². The van der Waals surface area contributed by atoms with Crippen LogP contribution in [0.25, 0.3) is 0 Å². The van der Waals surface area contributed by atoms with Gasteiger partial charge in [0, 0.05) is 16.3 Å². The van der Waals surface area contributed by atoms with Gasteiger partial charge in [-0.3, -0.25) is 14.6 Å². The Kier molecular flexibility index (Phi) is 5.96. The minimum atomic E-state index is -1.18. The maximum Gasteiger partial charge on any atom is 0.277 e. The number of H-pyrrole nitrogens is 1.